The molecule has 1 fully saturated rings. The molecule has 2 N–H and O–H groups in total. The highest BCUT2D eigenvalue weighted by Gasteiger charge is 2.38. The summed E-state index contributed by atoms with van der Waals surface area (Å²) in [6.07, 6.45) is -5.00. The zero-order valence-electron chi connectivity index (χ0n) is 16.6. The molecule has 0 saturated carbocycles. The van der Waals surface area contributed by atoms with Gasteiger partial charge in [0.15, 0.2) is 0 Å². The molecular weight excluding hydrogens is 418 g/mol. The van der Waals surface area contributed by atoms with Crippen LogP contribution in [0.4, 0.5) is 34.6 Å². The highest BCUT2D eigenvalue weighted by molar-refractivity contribution is 6.04. The number of aryl methyl sites for hydroxylation is 1. The fourth-order valence-corrected chi connectivity index (χ4v) is 3.29. The van der Waals surface area contributed by atoms with Crippen molar-refractivity contribution in [2.24, 2.45) is 5.92 Å². The molecule has 1 aliphatic rings. The molecular formula is C21H19F4N3O3. The average molecular weight is 437 g/mol. The quantitative estimate of drug-likeness (QED) is 0.707. The van der Waals surface area contributed by atoms with Crippen molar-refractivity contribution in [1.29, 1.82) is 0 Å². The second-order valence-corrected chi connectivity index (χ2v) is 7.27. The number of hydrogen-bond acceptors (Lipinski definition) is 3. The van der Waals surface area contributed by atoms with Crippen molar-refractivity contribution < 1.29 is 31.9 Å². The zero-order chi connectivity index (χ0) is 22.9. The summed E-state index contributed by atoms with van der Waals surface area (Å²) >= 11 is 0. The number of amides is 3. The van der Waals surface area contributed by atoms with Crippen LogP contribution in [0.15, 0.2) is 36.4 Å². The molecule has 3 amide bonds. The van der Waals surface area contributed by atoms with Crippen molar-refractivity contribution in [3.63, 3.8) is 0 Å². The number of carbonyl (C=O) groups is 3. The molecule has 10 heteroatoms. The number of alkyl halides is 3. The van der Waals surface area contributed by atoms with E-state index in [0.29, 0.717) is 5.56 Å². The number of rotatable bonds is 4. The average Bonchev–Trinajstić information content (AvgIpc) is 3.06. The number of halogens is 4. The van der Waals surface area contributed by atoms with Gasteiger partial charge in [-0.05, 0) is 42.8 Å². The fourth-order valence-electron chi connectivity index (χ4n) is 3.29. The van der Waals surface area contributed by atoms with Crippen LogP contribution in [-0.4, -0.2) is 24.3 Å². The number of anilines is 3. The van der Waals surface area contributed by atoms with Gasteiger partial charge in [0, 0.05) is 31.3 Å². The fraction of sp³-hybridized carbons (Fsp3) is 0.286. The maximum atomic E-state index is 13.8. The Bertz CT molecular complexity index is 1050. The first-order valence-corrected chi connectivity index (χ1v) is 9.32. The first-order chi connectivity index (χ1) is 14.5. The SMILES string of the molecule is CC(=O)Nc1ccc(NC(=O)C2CC(=O)N(c3ccc(C)c(F)c3)C2)c(C(F)(F)F)c1. The van der Waals surface area contributed by atoms with Crippen molar-refractivity contribution in [2.45, 2.75) is 26.4 Å². The number of hydrogen-bond donors (Lipinski definition) is 2. The van der Waals surface area contributed by atoms with Gasteiger partial charge in [0.05, 0.1) is 17.2 Å². The maximum Gasteiger partial charge on any atom is 0.418 e. The highest BCUT2D eigenvalue weighted by Crippen LogP contribution is 2.37. The van der Waals surface area contributed by atoms with Crippen LogP contribution in [0.5, 0.6) is 0 Å². The summed E-state index contributed by atoms with van der Waals surface area (Å²) in [6, 6.07) is 7.20. The van der Waals surface area contributed by atoms with E-state index in [2.05, 4.69) is 10.6 Å². The van der Waals surface area contributed by atoms with Gasteiger partial charge in [-0.25, -0.2) is 4.39 Å². The first kappa shape index (κ1) is 22.3. The van der Waals surface area contributed by atoms with Crippen molar-refractivity contribution in [1.82, 2.24) is 0 Å². The lowest BCUT2D eigenvalue weighted by Crippen LogP contribution is -2.28. The van der Waals surface area contributed by atoms with Gasteiger partial charge in [0.1, 0.15) is 5.82 Å². The molecule has 1 saturated heterocycles. The number of carbonyl (C=O) groups excluding carboxylic acids is 3. The van der Waals surface area contributed by atoms with E-state index in [0.717, 1.165) is 19.1 Å². The Balaban J connectivity index is 1.79. The molecule has 164 valence electrons. The summed E-state index contributed by atoms with van der Waals surface area (Å²) in [5, 5.41) is 4.49. The van der Waals surface area contributed by atoms with Crippen LogP contribution in [-0.2, 0) is 20.6 Å². The molecule has 1 heterocycles. The third-order valence-corrected chi connectivity index (χ3v) is 4.87. The standard InChI is InChI=1S/C21H19F4N3O3/c1-11-3-5-15(9-17(11)22)28-10-13(7-19(28)30)20(31)27-18-6-4-14(26-12(2)29)8-16(18)21(23,24)25/h3-6,8-9,13H,7,10H2,1-2H3,(H,26,29)(H,27,31). The van der Waals surface area contributed by atoms with Crippen LogP contribution in [0.3, 0.4) is 0 Å². The predicted octanol–water partition coefficient (Wildman–Crippen LogP) is 4.10. The van der Waals surface area contributed by atoms with Gasteiger partial charge in [0.25, 0.3) is 0 Å². The van der Waals surface area contributed by atoms with Crippen LogP contribution in [0.2, 0.25) is 0 Å². The second kappa shape index (κ2) is 8.37. The Morgan fingerprint density at radius 1 is 1.10 bits per heavy atom. The Morgan fingerprint density at radius 3 is 2.42 bits per heavy atom. The molecule has 1 aliphatic heterocycles. The lowest BCUT2D eigenvalue weighted by atomic mass is 10.1. The van der Waals surface area contributed by atoms with E-state index in [1.165, 1.54) is 23.1 Å². The molecule has 0 spiro atoms. The van der Waals surface area contributed by atoms with Gasteiger partial charge >= 0.3 is 6.18 Å². The Hall–Kier alpha value is -3.43. The van der Waals surface area contributed by atoms with E-state index < -0.39 is 46.9 Å². The Morgan fingerprint density at radius 2 is 1.81 bits per heavy atom. The molecule has 31 heavy (non-hydrogen) atoms. The summed E-state index contributed by atoms with van der Waals surface area (Å²) < 4.78 is 54.2. The van der Waals surface area contributed by atoms with Crippen molar-refractivity contribution in [3.8, 4) is 0 Å². The van der Waals surface area contributed by atoms with Gasteiger partial charge in [0.2, 0.25) is 17.7 Å². The lowest BCUT2D eigenvalue weighted by molar-refractivity contribution is -0.137. The summed E-state index contributed by atoms with van der Waals surface area (Å²) in [6.45, 7) is 2.64. The van der Waals surface area contributed by atoms with E-state index >= 15 is 0 Å². The first-order valence-electron chi connectivity index (χ1n) is 9.32. The molecule has 3 rings (SSSR count). The van der Waals surface area contributed by atoms with Gasteiger partial charge in [-0.15, -0.1) is 0 Å². The van der Waals surface area contributed by atoms with Gasteiger partial charge in [-0.3, -0.25) is 14.4 Å². The van der Waals surface area contributed by atoms with E-state index in [1.54, 1.807) is 13.0 Å². The number of nitrogens with zero attached hydrogens (tertiary/aromatic N) is 1. The molecule has 0 bridgehead atoms. The smallest absolute Gasteiger partial charge is 0.326 e. The lowest BCUT2D eigenvalue weighted by Gasteiger charge is -2.18. The van der Waals surface area contributed by atoms with Crippen molar-refractivity contribution in [2.75, 3.05) is 22.1 Å². The molecule has 1 unspecified atom stereocenters. The molecule has 0 aromatic heterocycles. The van der Waals surface area contributed by atoms with Gasteiger partial charge in [-0.2, -0.15) is 13.2 Å². The van der Waals surface area contributed by atoms with E-state index in [9.17, 15) is 31.9 Å². The summed E-state index contributed by atoms with van der Waals surface area (Å²) in [5.74, 6) is -3.15. The molecule has 0 aliphatic carbocycles. The minimum absolute atomic E-state index is 0.0681. The predicted molar refractivity (Wildman–Crippen MR) is 106 cm³/mol. The monoisotopic (exact) mass is 437 g/mol. The summed E-state index contributed by atoms with van der Waals surface area (Å²) in [4.78, 5) is 37.3. The number of nitrogens with one attached hydrogen (secondary N) is 2. The van der Waals surface area contributed by atoms with E-state index in [4.69, 9.17) is 0 Å². The Kier molecular flexibility index (Phi) is 6.01. The molecule has 6 nitrogen and oxygen atoms in total. The topological polar surface area (TPSA) is 78.5 Å². The normalized spacial score (nSPS) is 16.4. The summed E-state index contributed by atoms with van der Waals surface area (Å²) in [5.41, 5.74) is -1.01. The summed E-state index contributed by atoms with van der Waals surface area (Å²) in [7, 11) is 0. The van der Waals surface area contributed by atoms with Crippen LogP contribution in [0.25, 0.3) is 0 Å². The zero-order valence-corrected chi connectivity index (χ0v) is 16.6. The molecule has 2 aromatic carbocycles. The Labute approximate surface area is 175 Å². The van der Waals surface area contributed by atoms with Crippen LogP contribution in [0.1, 0.15) is 24.5 Å². The highest BCUT2D eigenvalue weighted by atomic mass is 19.4. The molecule has 2 aromatic rings. The number of benzene rings is 2. The second-order valence-electron chi connectivity index (χ2n) is 7.27. The molecule has 0 radical (unpaired) electrons. The van der Waals surface area contributed by atoms with Crippen LogP contribution in [0, 0.1) is 18.7 Å². The third kappa shape index (κ3) is 5.01. The van der Waals surface area contributed by atoms with Crippen molar-refractivity contribution >= 4 is 34.8 Å². The van der Waals surface area contributed by atoms with Crippen LogP contribution >= 0.6 is 0 Å². The minimum Gasteiger partial charge on any atom is -0.326 e. The van der Waals surface area contributed by atoms with E-state index in [-0.39, 0.29) is 24.3 Å². The van der Waals surface area contributed by atoms with Crippen molar-refractivity contribution in [3.05, 3.63) is 53.3 Å². The van der Waals surface area contributed by atoms with E-state index in [1.807, 2.05) is 0 Å². The third-order valence-electron chi connectivity index (χ3n) is 4.87. The molecule has 1 atom stereocenters. The minimum atomic E-state index is -4.78. The largest absolute Gasteiger partial charge is 0.418 e. The maximum absolute atomic E-state index is 13.8. The van der Waals surface area contributed by atoms with Gasteiger partial charge in [-0.1, -0.05) is 6.07 Å². The van der Waals surface area contributed by atoms with Crippen LogP contribution < -0.4 is 15.5 Å². The van der Waals surface area contributed by atoms with Gasteiger partial charge < -0.3 is 15.5 Å².